The third-order valence-corrected chi connectivity index (χ3v) is 3.34. The minimum absolute atomic E-state index is 0.140. The van der Waals surface area contributed by atoms with Crippen LogP contribution in [0.2, 0.25) is 0 Å². The molecular formula is C15H21N5O2. The van der Waals surface area contributed by atoms with Crippen LogP contribution in [0.15, 0.2) is 30.6 Å². The Kier molecular flexibility index (Phi) is 5.35. The molecule has 0 bridgehead atoms. The number of carbonyl (C=O) groups is 1. The second-order valence-corrected chi connectivity index (χ2v) is 5.05. The highest BCUT2D eigenvalue weighted by Gasteiger charge is 2.09. The highest BCUT2D eigenvalue weighted by molar-refractivity contribution is 5.73. The average Bonchev–Trinajstić information content (AvgIpc) is 2.97. The van der Waals surface area contributed by atoms with Gasteiger partial charge in [0.05, 0.1) is 0 Å². The Morgan fingerprint density at radius 1 is 1.36 bits per heavy atom. The number of phenols is 1. The van der Waals surface area contributed by atoms with Gasteiger partial charge in [-0.2, -0.15) is 0 Å². The summed E-state index contributed by atoms with van der Waals surface area (Å²) < 4.78 is 1.93. The molecule has 1 aromatic heterocycles. The monoisotopic (exact) mass is 303 g/mol. The Balaban J connectivity index is 1.78. The van der Waals surface area contributed by atoms with Crippen LogP contribution in [-0.4, -0.2) is 44.4 Å². The molecule has 0 saturated carbocycles. The molecule has 2 amide bonds. The Bertz CT molecular complexity index is 609. The van der Waals surface area contributed by atoms with Crippen molar-refractivity contribution in [2.75, 3.05) is 13.6 Å². The molecule has 2 rings (SSSR count). The van der Waals surface area contributed by atoms with Crippen LogP contribution in [0.1, 0.15) is 18.3 Å². The first-order valence-electron chi connectivity index (χ1n) is 7.23. The molecular weight excluding hydrogens is 282 g/mol. The Hall–Kier alpha value is -2.57. The van der Waals surface area contributed by atoms with E-state index in [1.807, 2.05) is 11.5 Å². The zero-order valence-corrected chi connectivity index (χ0v) is 12.9. The van der Waals surface area contributed by atoms with E-state index in [1.165, 1.54) is 0 Å². The number of aromatic nitrogens is 3. The summed E-state index contributed by atoms with van der Waals surface area (Å²) in [6.07, 6.45) is 2.49. The van der Waals surface area contributed by atoms with Crippen LogP contribution in [-0.2, 0) is 19.5 Å². The number of aromatic hydroxyl groups is 1. The number of nitrogens with zero attached hydrogens (tertiary/aromatic N) is 4. The van der Waals surface area contributed by atoms with Crippen molar-refractivity contribution in [1.29, 1.82) is 0 Å². The van der Waals surface area contributed by atoms with Crippen molar-refractivity contribution < 1.29 is 9.90 Å². The molecule has 7 heteroatoms. The van der Waals surface area contributed by atoms with E-state index in [0.29, 0.717) is 19.6 Å². The maximum Gasteiger partial charge on any atom is 0.317 e. The molecule has 118 valence electrons. The lowest BCUT2D eigenvalue weighted by atomic mass is 10.2. The van der Waals surface area contributed by atoms with Crippen LogP contribution in [0.25, 0.3) is 0 Å². The molecule has 0 spiro atoms. The third-order valence-electron chi connectivity index (χ3n) is 3.34. The summed E-state index contributed by atoms with van der Waals surface area (Å²) in [6, 6.07) is 6.67. The first-order chi connectivity index (χ1) is 10.6. The highest BCUT2D eigenvalue weighted by atomic mass is 16.3. The van der Waals surface area contributed by atoms with E-state index in [-0.39, 0.29) is 11.8 Å². The predicted octanol–water partition coefficient (Wildman–Crippen LogP) is 1.39. The highest BCUT2D eigenvalue weighted by Crippen LogP contribution is 2.11. The summed E-state index contributed by atoms with van der Waals surface area (Å²) in [7, 11) is 1.73. The number of rotatable bonds is 6. The van der Waals surface area contributed by atoms with Gasteiger partial charge < -0.3 is 19.9 Å². The molecule has 0 atom stereocenters. The fourth-order valence-electron chi connectivity index (χ4n) is 2.10. The Morgan fingerprint density at radius 2 is 2.09 bits per heavy atom. The van der Waals surface area contributed by atoms with Crippen molar-refractivity contribution in [2.24, 2.45) is 0 Å². The lowest BCUT2D eigenvalue weighted by Gasteiger charge is -2.18. The molecule has 1 aromatic carbocycles. The summed E-state index contributed by atoms with van der Waals surface area (Å²) in [5, 5.41) is 20.0. The van der Waals surface area contributed by atoms with E-state index in [9.17, 15) is 9.90 Å². The lowest BCUT2D eigenvalue weighted by molar-refractivity contribution is 0.206. The van der Waals surface area contributed by atoms with Gasteiger partial charge in [-0.1, -0.05) is 19.1 Å². The van der Waals surface area contributed by atoms with Gasteiger partial charge in [0.1, 0.15) is 17.9 Å². The topological polar surface area (TPSA) is 83.3 Å². The van der Waals surface area contributed by atoms with Crippen molar-refractivity contribution in [2.45, 2.75) is 26.4 Å². The van der Waals surface area contributed by atoms with E-state index in [0.717, 1.165) is 17.8 Å². The van der Waals surface area contributed by atoms with Gasteiger partial charge in [-0.15, -0.1) is 10.2 Å². The van der Waals surface area contributed by atoms with Gasteiger partial charge in [-0.25, -0.2) is 4.79 Å². The molecule has 1 heterocycles. The third kappa shape index (κ3) is 4.21. The second kappa shape index (κ2) is 7.44. The zero-order chi connectivity index (χ0) is 15.9. The second-order valence-electron chi connectivity index (χ2n) is 5.05. The number of nitrogens with one attached hydrogen (secondary N) is 1. The normalized spacial score (nSPS) is 10.5. The van der Waals surface area contributed by atoms with Crippen molar-refractivity contribution in [3.8, 4) is 5.75 Å². The van der Waals surface area contributed by atoms with Crippen molar-refractivity contribution in [1.82, 2.24) is 25.0 Å². The number of carbonyl (C=O) groups excluding carboxylic acids is 1. The lowest BCUT2D eigenvalue weighted by Crippen LogP contribution is -2.38. The van der Waals surface area contributed by atoms with Gasteiger partial charge in [0.25, 0.3) is 0 Å². The zero-order valence-electron chi connectivity index (χ0n) is 12.9. The van der Waals surface area contributed by atoms with Crippen LogP contribution in [0, 0.1) is 0 Å². The maximum absolute atomic E-state index is 12.0. The van der Waals surface area contributed by atoms with Gasteiger partial charge in [-0.3, -0.25) is 0 Å². The molecule has 0 aliphatic rings. The first-order valence-corrected chi connectivity index (χ1v) is 7.23. The fourth-order valence-corrected chi connectivity index (χ4v) is 2.10. The summed E-state index contributed by atoms with van der Waals surface area (Å²) in [5.74, 6) is 1.13. The number of benzene rings is 1. The molecule has 0 aliphatic heterocycles. The van der Waals surface area contributed by atoms with E-state index < -0.39 is 0 Å². The molecule has 2 N–H and O–H groups in total. The van der Waals surface area contributed by atoms with Crippen LogP contribution in [0.5, 0.6) is 5.75 Å². The van der Waals surface area contributed by atoms with Crippen LogP contribution < -0.4 is 5.32 Å². The quantitative estimate of drug-likeness (QED) is 0.844. The van der Waals surface area contributed by atoms with Crippen LogP contribution >= 0.6 is 0 Å². The van der Waals surface area contributed by atoms with Crippen molar-refractivity contribution >= 4 is 6.03 Å². The number of urea groups is 1. The molecule has 0 unspecified atom stereocenters. The maximum atomic E-state index is 12.0. The summed E-state index contributed by atoms with van der Waals surface area (Å²) >= 11 is 0. The van der Waals surface area contributed by atoms with Crippen molar-refractivity contribution in [3.63, 3.8) is 0 Å². The van der Waals surface area contributed by atoms with Gasteiger partial charge in [0.15, 0.2) is 0 Å². The molecule has 0 saturated heterocycles. The molecule has 7 nitrogen and oxygen atoms in total. The fraction of sp³-hybridized carbons (Fsp3) is 0.400. The standard InChI is InChI=1S/C15H21N5O2/c1-3-14-18-17-11-20(14)9-8-16-15(22)19(2)10-12-4-6-13(21)7-5-12/h4-7,11,21H,3,8-10H2,1-2H3,(H,16,22). The Morgan fingerprint density at radius 3 is 2.77 bits per heavy atom. The number of amides is 2. The summed E-state index contributed by atoms with van der Waals surface area (Å²) in [6.45, 7) is 3.67. The van der Waals surface area contributed by atoms with Gasteiger partial charge in [-0.05, 0) is 17.7 Å². The number of hydrogen-bond acceptors (Lipinski definition) is 4. The predicted molar refractivity (Wildman–Crippen MR) is 82.4 cm³/mol. The molecule has 0 radical (unpaired) electrons. The minimum Gasteiger partial charge on any atom is -0.508 e. The first kappa shape index (κ1) is 15.8. The van der Waals surface area contributed by atoms with Crippen LogP contribution in [0.4, 0.5) is 4.79 Å². The molecule has 0 fully saturated rings. The summed E-state index contributed by atoms with van der Waals surface area (Å²) in [5.41, 5.74) is 0.961. The smallest absolute Gasteiger partial charge is 0.317 e. The van der Waals surface area contributed by atoms with Crippen molar-refractivity contribution in [3.05, 3.63) is 42.0 Å². The van der Waals surface area contributed by atoms with E-state index >= 15 is 0 Å². The molecule has 22 heavy (non-hydrogen) atoms. The molecule has 0 aliphatic carbocycles. The van der Waals surface area contributed by atoms with Crippen LogP contribution in [0.3, 0.4) is 0 Å². The van der Waals surface area contributed by atoms with E-state index in [4.69, 9.17) is 0 Å². The Labute approximate surface area is 129 Å². The minimum atomic E-state index is -0.140. The largest absolute Gasteiger partial charge is 0.508 e. The number of hydrogen-bond donors (Lipinski definition) is 2. The van der Waals surface area contributed by atoms with E-state index in [1.54, 1.807) is 42.5 Å². The van der Waals surface area contributed by atoms with Gasteiger partial charge in [0, 0.05) is 33.1 Å². The summed E-state index contributed by atoms with van der Waals surface area (Å²) in [4.78, 5) is 13.6. The number of aryl methyl sites for hydroxylation is 1. The SMILES string of the molecule is CCc1nncn1CCNC(=O)N(C)Cc1ccc(O)cc1. The van der Waals surface area contributed by atoms with Gasteiger partial charge in [0.2, 0.25) is 0 Å². The molecule has 2 aromatic rings. The van der Waals surface area contributed by atoms with Gasteiger partial charge >= 0.3 is 6.03 Å². The van der Waals surface area contributed by atoms with E-state index in [2.05, 4.69) is 15.5 Å². The average molecular weight is 303 g/mol. The number of phenolic OH excluding ortho intramolecular Hbond substituents is 1.